The van der Waals surface area contributed by atoms with Crippen LogP contribution in [0.4, 0.5) is 0 Å². The summed E-state index contributed by atoms with van der Waals surface area (Å²) in [6.45, 7) is 2.12. The maximum absolute atomic E-state index is 11.9. The van der Waals surface area contributed by atoms with Crippen molar-refractivity contribution >= 4 is 15.9 Å². The van der Waals surface area contributed by atoms with Crippen molar-refractivity contribution in [2.45, 2.75) is 17.9 Å². The molecule has 1 aromatic rings. The molecule has 1 amide bonds. The number of amides is 1. The third-order valence-electron chi connectivity index (χ3n) is 2.59. The predicted molar refractivity (Wildman–Crippen MR) is 79.3 cm³/mol. The van der Waals surface area contributed by atoms with E-state index in [0.29, 0.717) is 12.2 Å². The van der Waals surface area contributed by atoms with E-state index in [-0.39, 0.29) is 23.4 Å². The van der Waals surface area contributed by atoms with Crippen LogP contribution in [0, 0.1) is 12.3 Å². The van der Waals surface area contributed by atoms with Gasteiger partial charge in [0.15, 0.2) is 0 Å². The highest BCUT2D eigenvalue weighted by atomic mass is 32.2. The van der Waals surface area contributed by atoms with Crippen LogP contribution in [-0.4, -0.2) is 40.6 Å². The van der Waals surface area contributed by atoms with Crippen molar-refractivity contribution in [3.05, 3.63) is 29.8 Å². The van der Waals surface area contributed by atoms with Gasteiger partial charge in [0.1, 0.15) is 0 Å². The lowest BCUT2D eigenvalue weighted by Gasteiger charge is -2.13. The first-order chi connectivity index (χ1) is 9.90. The molecule has 0 bridgehead atoms. The number of methoxy groups -OCH3 is 1. The molecule has 2 N–H and O–H groups in total. The Bertz CT molecular complexity index is 617. The molecule has 1 rings (SSSR count). The fraction of sp³-hybridized carbons (Fsp3) is 0.357. The molecule has 1 unspecified atom stereocenters. The van der Waals surface area contributed by atoms with Crippen LogP contribution < -0.4 is 10.0 Å². The SMILES string of the molecule is C#CCNS(=O)(=O)c1ccc(C(=O)NC(C)COC)cc1. The third kappa shape index (κ3) is 5.19. The van der Waals surface area contributed by atoms with Crippen molar-refractivity contribution in [3.8, 4) is 12.3 Å². The van der Waals surface area contributed by atoms with Gasteiger partial charge in [0.25, 0.3) is 5.91 Å². The Morgan fingerprint density at radius 3 is 2.52 bits per heavy atom. The second-order valence-electron chi connectivity index (χ2n) is 4.38. The number of hydrogen-bond acceptors (Lipinski definition) is 4. The van der Waals surface area contributed by atoms with Crippen molar-refractivity contribution in [1.29, 1.82) is 0 Å². The Hall–Kier alpha value is -1.88. The number of terminal acetylenes is 1. The number of ether oxygens (including phenoxy) is 1. The largest absolute Gasteiger partial charge is 0.383 e. The highest BCUT2D eigenvalue weighted by Crippen LogP contribution is 2.10. The Kier molecular flexibility index (Phi) is 6.37. The molecule has 7 heteroatoms. The Morgan fingerprint density at radius 1 is 1.38 bits per heavy atom. The van der Waals surface area contributed by atoms with Crippen LogP contribution in [0.15, 0.2) is 29.2 Å². The number of sulfonamides is 1. The Balaban J connectivity index is 2.79. The summed E-state index contributed by atoms with van der Waals surface area (Å²) >= 11 is 0. The molecule has 0 aromatic heterocycles. The van der Waals surface area contributed by atoms with Gasteiger partial charge >= 0.3 is 0 Å². The minimum atomic E-state index is -3.64. The maximum atomic E-state index is 11.9. The quantitative estimate of drug-likeness (QED) is 0.712. The number of rotatable bonds is 7. The summed E-state index contributed by atoms with van der Waals surface area (Å²) in [6, 6.07) is 5.46. The van der Waals surface area contributed by atoms with Gasteiger partial charge in [0, 0.05) is 18.7 Å². The normalized spacial score (nSPS) is 12.4. The average Bonchev–Trinajstić information content (AvgIpc) is 2.45. The zero-order chi connectivity index (χ0) is 15.9. The molecule has 1 aromatic carbocycles. The molecular weight excluding hydrogens is 292 g/mol. The molecule has 0 aliphatic heterocycles. The molecule has 0 radical (unpaired) electrons. The fourth-order valence-corrected chi connectivity index (χ4v) is 2.54. The number of benzene rings is 1. The summed E-state index contributed by atoms with van der Waals surface area (Å²) in [7, 11) is -2.09. The van der Waals surface area contributed by atoms with Gasteiger partial charge in [0.05, 0.1) is 18.0 Å². The molecule has 0 aliphatic rings. The van der Waals surface area contributed by atoms with E-state index in [1.165, 1.54) is 24.3 Å². The molecule has 21 heavy (non-hydrogen) atoms. The van der Waals surface area contributed by atoms with Crippen molar-refractivity contribution in [3.63, 3.8) is 0 Å². The first-order valence-corrected chi connectivity index (χ1v) is 7.72. The molecule has 1 atom stereocenters. The van der Waals surface area contributed by atoms with Crippen LogP contribution in [0.25, 0.3) is 0 Å². The van der Waals surface area contributed by atoms with E-state index in [4.69, 9.17) is 11.2 Å². The summed E-state index contributed by atoms with van der Waals surface area (Å²) in [4.78, 5) is 12.0. The zero-order valence-corrected chi connectivity index (χ0v) is 12.7. The molecule has 0 fully saturated rings. The van der Waals surface area contributed by atoms with Crippen molar-refractivity contribution in [1.82, 2.24) is 10.0 Å². The number of nitrogens with one attached hydrogen (secondary N) is 2. The third-order valence-corrected chi connectivity index (χ3v) is 4.00. The second-order valence-corrected chi connectivity index (χ2v) is 6.15. The molecule has 6 nitrogen and oxygen atoms in total. The first kappa shape index (κ1) is 17.2. The first-order valence-electron chi connectivity index (χ1n) is 6.23. The van der Waals surface area contributed by atoms with E-state index in [1.807, 2.05) is 6.92 Å². The minimum absolute atomic E-state index is 0.0549. The molecule has 0 heterocycles. The smallest absolute Gasteiger partial charge is 0.251 e. The predicted octanol–water partition coefficient (Wildman–Crippen LogP) is 0.363. The maximum Gasteiger partial charge on any atom is 0.251 e. The molecular formula is C14H18N2O4S. The van der Waals surface area contributed by atoms with E-state index < -0.39 is 10.0 Å². The highest BCUT2D eigenvalue weighted by Gasteiger charge is 2.14. The van der Waals surface area contributed by atoms with Crippen LogP contribution >= 0.6 is 0 Å². The van der Waals surface area contributed by atoms with Crippen LogP contribution in [0.5, 0.6) is 0 Å². The van der Waals surface area contributed by atoms with Crippen molar-refractivity contribution < 1.29 is 17.9 Å². The monoisotopic (exact) mass is 310 g/mol. The van der Waals surface area contributed by atoms with Crippen molar-refractivity contribution in [2.24, 2.45) is 0 Å². The zero-order valence-electron chi connectivity index (χ0n) is 11.9. The van der Waals surface area contributed by atoms with Gasteiger partial charge in [-0.05, 0) is 31.2 Å². The number of carbonyl (C=O) groups is 1. The van der Waals surface area contributed by atoms with Gasteiger partial charge in [0.2, 0.25) is 10.0 Å². The van der Waals surface area contributed by atoms with E-state index in [2.05, 4.69) is 16.0 Å². The van der Waals surface area contributed by atoms with E-state index in [1.54, 1.807) is 7.11 Å². The summed E-state index contributed by atoms with van der Waals surface area (Å²) in [6.07, 6.45) is 5.01. The minimum Gasteiger partial charge on any atom is -0.383 e. The number of hydrogen-bond donors (Lipinski definition) is 2. The highest BCUT2D eigenvalue weighted by molar-refractivity contribution is 7.89. The van der Waals surface area contributed by atoms with Crippen LogP contribution in [-0.2, 0) is 14.8 Å². The van der Waals surface area contributed by atoms with Crippen LogP contribution in [0.1, 0.15) is 17.3 Å². The summed E-state index contributed by atoms with van der Waals surface area (Å²) in [5.74, 6) is 1.90. The standard InChI is InChI=1S/C14H18N2O4S/c1-4-9-15-21(18,19)13-7-5-12(6-8-13)14(17)16-11(2)10-20-3/h1,5-8,11,15H,9-10H2,2-3H3,(H,16,17). The van der Waals surface area contributed by atoms with E-state index >= 15 is 0 Å². The van der Waals surface area contributed by atoms with Gasteiger partial charge in [-0.15, -0.1) is 6.42 Å². The average molecular weight is 310 g/mol. The molecule has 0 saturated carbocycles. The lowest BCUT2D eigenvalue weighted by Crippen LogP contribution is -2.35. The molecule has 0 aliphatic carbocycles. The van der Waals surface area contributed by atoms with Gasteiger partial charge < -0.3 is 10.1 Å². The van der Waals surface area contributed by atoms with Crippen LogP contribution in [0.2, 0.25) is 0 Å². The summed E-state index contributed by atoms with van der Waals surface area (Å²) in [5, 5.41) is 2.73. The molecule has 114 valence electrons. The molecule has 0 spiro atoms. The fourth-order valence-electron chi connectivity index (χ4n) is 1.60. The summed E-state index contributed by atoms with van der Waals surface area (Å²) in [5.41, 5.74) is 0.369. The number of carbonyl (C=O) groups excluding carboxylic acids is 1. The molecule has 0 saturated heterocycles. The van der Waals surface area contributed by atoms with Crippen LogP contribution in [0.3, 0.4) is 0 Å². The summed E-state index contributed by atoms with van der Waals surface area (Å²) < 4.78 is 30.8. The Morgan fingerprint density at radius 2 is 2.00 bits per heavy atom. The lowest BCUT2D eigenvalue weighted by molar-refractivity contribution is 0.0905. The van der Waals surface area contributed by atoms with Gasteiger partial charge in [-0.2, -0.15) is 4.72 Å². The topological polar surface area (TPSA) is 84.5 Å². The van der Waals surface area contributed by atoms with Gasteiger partial charge in [-0.3, -0.25) is 4.79 Å². The van der Waals surface area contributed by atoms with E-state index in [0.717, 1.165) is 0 Å². The Labute approximate surface area is 124 Å². The second kappa shape index (κ2) is 7.78. The van der Waals surface area contributed by atoms with Crippen molar-refractivity contribution in [2.75, 3.05) is 20.3 Å². The lowest BCUT2D eigenvalue weighted by atomic mass is 10.2. The van der Waals surface area contributed by atoms with Gasteiger partial charge in [-0.25, -0.2) is 8.42 Å². The van der Waals surface area contributed by atoms with E-state index in [9.17, 15) is 13.2 Å². The van der Waals surface area contributed by atoms with Gasteiger partial charge in [-0.1, -0.05) is 5.92 Å².